The second-order valence-electron chi connectivity index (χ2n) is 6.27. The van der Waals surface area contributed by atoms with Crippen molar-refractivity contribution in [3.63, 3.8) is 0 Å². The summed E-state index contributed by atoms with van der Waals surface area (Å²) in [6, 6.07) is 7.67. The Balaban J connectivity index is 1.66. The second-order valence-corrected chi connectivity index (χ2v) is 8.27. The summed E-state index contributed by atoms with van der Waals surface area (Å²) in [6.45, 7) is 7.91. The van der Waals surface area contributed by atoms with Gasteiger partial charge in [0.1, 0.15) is 4.88 Å². The first kappa shape index (κ1) is 21.0. The quantitative estimate of drug-likeness (QED) is 0.451. The van der Waals surface area contributed by atoms with Crippen molar-refractivity contribution < 1.29 is 14.3 Å². The lowest BCUT2D eigenvalue weighted by Gasteiger charge is -2.09. The van der Waals surface area contributed by atoms with Gasteiger partial charge in [0.05, 0.1) is 23.0 Å². The number of anilines is 1. The lowest BCUT2D eigenvalue weighted by Crippen LogP contribution is -2.14. The number of carbonyl (C=O) groups is 2. The third kappa shape index (κ3) is 4.83. The molecule has 0 aliphatic heterocycles. The molecule has 1 aromatic carbocycles. The van der Waals surface area contributed by atoms with Crippen LogP contribution in [0.5, 0.6) is 0 Å². The van der Waals surface area contributed by atoms with Crippen molar-refractivity contribution in [3.05, 3.63) is 45.8 Å². The Morgan fingerprint density at radius 2 is 2.03 bits per heavy atom. The van der Waals surface area contributed by atoms with Gasteiger partial charge in [0.25, 0.3) is 0 Å². The molecule has 0 unspecified atom stereocenters. The molecular weight excluding hydrogens is 410 g/mol. The average molecular weight is 432 g/mol. The molecule has 0 aliphatic rings. The lowest BCUT2D eigenvalue weighted by atomic mass is 10.1. The van der Waals surface area contributed by atoms with Gasteiger partial charge in [0.15, 0.2) is 0 Å². The number of carbonyl (C=O) groups excluding carboxylic acids is 2. The first-order valence-corrected chi connectivity index (χ1v) is 10.8. The Hall–Kier alpha value is -2.72. The molecule has 2 aromatic heterocycles. The number of aryl methyl sites for hydroxylation is 2. The molecule has 0 saturated carbocycles. The zero-order chi connectivity index (χ0) is 21.0. The zero-order valence-electron chi connectivity index (χ0n) is 16.6. The fourth-order valence-corrected chi connectivity index (χ4v) is 4.30. The zero-order valence-corrected chi connectivity index (χ0v) is 18.2. The predicted molar refractivity (Wildman–Crippen MR) is 113 cm³/mol. The maximum Gasteiger partial charge on any atom is 0.348 e. The lowest BCUT2D eigenvalue weighted by molar-refractivity contribution is -0.113. The minimum Gasteiger partial charge on any atom is -0.462 e. The number of nitrogens with one attached hydrogen (secondary N) is 1. The largest absolute Gasteiger partial charge is 0.462 e. The van der Waals surface area contributed by atoms with Gasteiger partial charge in [-0.15, -0.1) is 16.4 Å². The highest BCUT2D eigenvalue weighted by Gasteiger charge is 2.17. The Kier molecular flexibility index (Phi) is 6.65. The summed E-state index contributed by atoms with van der Waals surface area (Å²) in [5, 5.41) is 15.8. The number of thiophene rings is 1. The average Bonchev–Trinajstić information content (AvgIpc) is 3.29. The van der Waals surface area contributed by atoms with E-state index >= 15 is 0 Å². The van der Waals surface area contributed by atoms with E-state index in [1.54, 1.807) is 17.7 Å². The molecular formula is C19H21N5O3S2. The van der Waals surface area contributed by atoms with Crippen LogP contribution < -0.4 is 5.32 Å². The topological polar surface area (TPSA) is 99.0 Å². The van der Waals surface area contributed by atoms with Gasteiger partial charge in [-0.3, -0.25) is 4.79 Å². The first-order chi connectivity index (χ1) is 13.9. The highest BCUT2D eigenvalue weighted by molar-refractivity contribution is 7.99. The number of tetrazole rings is 1. The number of rotatable bonds is 7. The van der Waals surface area contributed by atoms with Crippen molar-refractivity contribution in [2.24, 2.45) is 0 Å². The molecule has 0 spiro atoms. The molecule has 152 valence electrons. The summed E-state index contributed by atoms with van der Waals surface area (Å²) in [5.41, 5.74) is 3.87. The van der Waals surface area contributed by atoms with Crippen molar-refractivity contribution >= 4 is 40.0 Å². The van der Waals surface area contributed by atoms with E-state index in [1.165, 1.54) is 23.1 Å². The third-order valence-electron chi connectivity index (χ3n) is 4.22. The van der Waals surface area contributed by atoms with E-state index in [9.17, 15) is 9.59 Å². The summed E-state index contributed by atoms with van der Waals surface area (Å²) in [7, 11) is 0. The molecule has 0 saturated heterocycles. The first-order valence-electron chi connectivity index (χ1n) is 8.95. The van der Waals surface area contributed by atoms with Crippen LogP contribution in [-0.2, 0) is 9.53 Å². The number of amides is 1. The fraction of sp³-hybridized carbons (Fsp3) is 0.316. The molecule has 8 nitrogen and oxygen atoms in total. The van der Waals surface area contributed by atoms with Crippen molar-refractivity contribution in [2.75, 3.05) is 17.7 Å². The minimum absolute atomic E-state index is 0.136. The molecule has 0 bridgehead atoms. The number of nitrogens with zero attached hydrogens (tertiary/aromatic N) is 4. The number of aromatic nitrogens is 4. The summed E-state index contributed by atoms with van der Waals surface area (Å²) in [6.07, 6.45) is 0. The van der Waals surface area contributed by atoms with Gasteiger partial charge >= 0.3 is 5.97 Å². The van der Waals surface area contributed by atoms with E-state index in [1.807, 2.05) is 39.0 Å². The van der Waals surface area contributed by atoms with E-state index in [-0.39, 0.29) is 17.6 Å². The van der Waals surface area contributed by atoms with Crippen LogP contribution in [0.25, 0.3) is 5.69 Å². The van der Waals surface area contributed by atoms with E-state index < -0.39 is 0 Å². The highest BCUT2D eigenvalue weighted by atomic mass is 32.2. The molecule has 1 amide bonds. The van der Waals surface area contributed by atoms with Gasteiger partial charge in [-0.2, -0.15) is 4.68 Å². The van der Waals surface area contributed by atoms with Crippen LogP contribution in [0.2, 0.25) is 0 Å². The van der Waals surface area contributed by atoms with Crippen LogP contribution in [-0.4, -0.2) is 44.4 Å². The number of hydrogen-bond donors (Lipinski definition) is 1. The van der Waals surface area contributed by atoms with Crippen molar-refractivity contribution in [2.45, 2.75) is 32.9 Å². The predicted octanol–water partition coefficient (Wildman–Crippen LogP) is 3.56. The van der Waals surface area contributed by atoms with Gasteiger partial charge in [0, 0.05) is 0 Å². The van der Waals surface area contributed by atoms with Gasteiger partial charge in [0.2, 0.25) is 11.1 Å². The molecule has 0 fully saturated rings. The summed E-state index contributed by atoms with van der Waals surface area (Å²) < 4.78 is 6.66. The van der Waals surface area contributed by atoms with Crippen molar-refractivity contribution in [1.29, 1.82) is 0 Å². The SMILES string of the molecule is CCOC(=O)c1sc(NC(=O)CSc2nnnn2-c2cccc(C)c2C)cc1C. The van der Waals surface area contributed by atoms with Crippen LogP contribution in [0, 0.1) is 20.8 Å². The molecule has 0 radical (unpaired) electrons. The molecule has 2 heterocycles. The number of thioether (sulfide) groups is 1. The van der Waals surface area contributed by atoms with Gasteiger partial charge in [-0.1, -0.05) is 23.9 Å². The summed E-state index contributed by atoms with van der Waals surface area (Å²) >= 11 is 2.45. The molecule has 10 heteroatoms. The molecule has 3 aromatic rings. The standard InChI is InChI=1S/C19H21N5O3S2/c1-5-27-18(26)17-12(3)9-16(29-17)20-15(25)10-28-19-21-22-23-24(19)14-8-6-7-11(2)13(14)4/h6-9H,5,10H2,1-4H3,(H,20,25). The summed E-state index contributed by atoms with van der Waals surface area (Å²) in [4.78, 5) is 24.8. The van der Waals surface area contributed by atoms with Crippen LogP contribution in [0.3, 0.4) is 0 Å². The maximum absolute atomic E-state index is 12.4. The molecule has 1 N–H and O–H groups in total. The monoisotopic (exact) mass is 431 g/mol. The number of esters is 1. The Morgan fingerprint density at radius 1 is 1.24 bits per heavy atom. The Labute approximate surface area is 176 Å². The van der Waals surface area contributed by atoms with E-state index in [0.29, 0.717) is 21.6 Å². The van der Waals surface area contributed by atoms with Crippen LogP contribution in [0.15, 0.2) is 29.4 Å². The smallest absolute Gasteiger partial charge is 0.348 e. The van der Waals surface area contributed by atoms with Crippen LogP contribution >= 0.6 is 23.1 Å². The van der Waals surface area contributed by atoms with E-state index in [4.69, 9.17) is 4.74 Å². The van der Waals surface area contributed by atoms with Crippen molar-refractivity contribution in [1.82, 2.24) is 20.2 Å². The van der Waals surface area contributed by atoms with Crippen molar-refractivity contribution in [3.8, 4) is 5.69 Å². The number of benzene rings is 1. The van der Waals surface area contributed by atoms with E-state index in [0.717, 1.165) is 22.4 Å². The van der Waals surface area contributed by atoms with Crippen LogP contribution in [0.4, 0.5) is 5.00 Å². The molecule has 3 rings (SSSR count). The highest BCUT2D eigenvalue weighted by Crippen LogP contribution is 2.28. The third-order valence-corrected chi connectivity index (χ3v) is 6.27. The van der Waals surface area contributed by atoms with Crippen LogP contribution in [0.1, 0.15) is 33.3 Å². The molecule has 0 aliphatic carbocycles. The molecule has 0 atom stereocenters. The summed E-state index contributed by atoms with van der Waals surface area (Å²) in [5.74, 6) is -0.448. The molecule has 29 heavy (non-hydrogen) atoms. The Morgan fingerprint density at radius 3 is 2.79 bits per heavy atom. The normalized spacial score (nSPS) is 10.8. The van der Waals surface area contributed by atoms with Gasteiger partial charge < -0.3 is 10.1 Å². The Bertz CT molecular complexity index is 1040. The van der Waals surface area contributed by atoms with Gasteiger partial charge in [-0.25, -0.2) is 4.79 Å². The van der Waals surface area contributed by atoms with E-state index in [2.05, 4.69) is 20.8 Å². The fourth-order valence-electron chi connectivity index (χ4n) is 2.63. The number of ether oxygens (including phenoxy) is 1. The second kappa shape index (κ2) is 9.19. The maximum atomic E-state index is 12.4. The minimum atomic E-state index is -0.377. The van der Waals surface area contributed by atoms with Gasteiger partial charge in [-0.05, 0) is 66.9 Å². The number of hydrogen-bond acceptors (Lipinski definition) is 8.